The largest absolute Gasteiger partial charge is 0.487 e. The van der Waals surface area contributed by atoms with E-state index in [4.69, 9.17) is 4.74 Å². The predicted molar refractivity (Wildman–Crippen MR) is 90.0 cm³/mol. The Bertz CT molecular complexity index is 467. The van der Waals surface area contributed by atoms with Crippen molar-refractivity contribution in [3.8, 4) is 5.75 Å². The fourth-order valence-corrected chi connectivity index (χ4v) is 3.39. The fraction of sp³-hybridized carbons (Fsp3) is 0.684. The highest BCUT2D eigenvalue weighted by molar-refractivity contribution is 5.42. The molecule has 0 radical (unpaired) electrons. The Morgan fingerprint density at radius 3 is 2.67 bits per heavy atom. The lowest BCUT2D eigenvalue weighted by Crippen LogP contribution is -2.27. The highest BCUT2D eigenvalue weighted by Gasteiger charge is 2.30. The van der Waals surface area contributed by atoms with Crippen molar-refractivity contribution in [3.63, 3.8) is 0 Å². The van der Waals surface area contributed by atoms with Crippen molar-refractivity contribution in [1.82, 2.24) is 5.32 Å². The summed E-state index contributed by atoms with van der Waals surface area (Å²) in [6, 6.07) is 7.24. The summed E-state index contributed by atoms with van der Waals surface area (Å²) in [6.07, 6.45) is 4.70. The monoisotopic (exact) mass is 289 g/mol. The van der Waals surface area contributed by atoms with Gasteiger partial charge >= 0.3 is 0 Å². The summed E-state index contributed by atoms with van der Waals surface area (Å²) in [7, 11) is 0. The van der Waals surface area contributed by atoms with E-state index in [1.807, 2.05) is 0 Å². The van der Waals surface area contributed by atoms with Crippen LogP contribution in [0, 0.1) is 5.92 Å². The maximum Gasteiger partial charge on any atom is 0.123 e. The molecule has 2 unspecified atom stereocenters. The number of ether oxygens (including phenoxy) is 1. The maximum absolute atomic E-state index is 6.00. The lowest BCUT2D eigenvalue weighted by molar-refractivity contribution is 0.138. The molecule has 2 rings (SSSR count). The molecule has 21 heavy (non-hydrogen) atoms. The summed E-state index contributed by atoms with van der Waals surface area (Å²) in [6.45, 7) is 12.3. The van der Waals surface area contributed by atoms with Crippen LogP contribution in [-0.4, -0.2) is 12.1 Å². The van der Waals surface area contributed by atoms with E-state index in [0.717, 1.165) is 18.7 Å². The molecule has 0 saturated heterocycles. The second-order valence-electron chi connectivity index (χ2n) is 7.10. The van der Waals surface area contributed by atoms with Crippen LogP contribution >= 0.6 is 0 Å². The third-order valence-corrected chi connectivity index (χ3v) is 4.37. The molecule has 1 N–H and O–H groups in total. The molecule has 0 saturated carbocycles. The van der Waals surface area contributed by atoms with E-state index < -0.39 is 0 Å². The van der Waals surface area contributed by atoms with Gasteiger partial charge in [0.2, 0.25) is 0 Å². The zero-order valence-electron chi connectivity index (χ0n) is 14.3. The highest BCUT2D eigenvalue weighted by Crippen LogP contribution is 2.37. The van der Waals surface area contributed by atoms with Crippen molar-refractivity contribution in [3.05, 3.63) is 29.3 Å². The number of hydrogen-bond donors (Lipinski definition) is 1. The molecule has 0 bridgehead atoms. The molecule has 118 valence electrons. The third kappa shape index (κ3) is 4.00. The van der Waals surface area contributed by atoms with Gasteiger partial charge in [-0.15, -0.1) is 0 Å². The van der Waals surface area contributed by atoms with Gasteiger partial charge in [-0.2, -0.15) is 0 Å². The minimum Gasteiger partial charge on any atom is -0.487 e. The van der Waals surface area contributed by atoms with Gasteiger partial charge < -0.3 is 10.1 Å². The first-order valence-electron chi connectivity index (χ1n) is 8.52. The molecule has 0 aromatic heterocycles. The van der Waals surface area contributed by atoms with E-state index in [9.17, 15) is 0 Å². The maximum atomic E-state index is 6.00. The predicted octanol–water partition coefficient (Wildman–Crippen LogP) is 4.88. The SMILES string of the molecule is CCCNC(c1ccc2c(c1)CC(C)(C)O2)C(C)CCC. The van der Waals surface area contributed by atoms with Crippen LogP contribution in [0.2, 0.25) is 0 Å². The smallest absolute Gasteiger partial charge is 0.123 e. The van der Waals surface area contributed by atoms with E-state index in [2.05, 4.69) is 58.1 Å². The van der Waals surface area contributed by atoms with Crippen molar-refractivity contribution < 1.29 is 4.74 Å². The summed E-state index contributed by atoms with van der Waals surface area (Å²) in [5.74, 6) is 1.73. The lowest BCUT2D eigenvalue weighted by atomic mass is 9.89. The number of fused-ring (bicyclic) bond motifs is 1. The van der Waals surface area contributed by atoms with Crippen LogP contribution in [0.15, 0.2) is 18.2 Å². The van der Waals surface area contributed by atoms with Crippen LogP contribution in [0.25, 0.3) is 0 Å². The molecular formula is C19H31NO. The second-order valence-corrected chi connectivity index (χ2v) is 7.10. The molecule has 1 aromatic rings. The molecule has 2 atom stereocenters. The van der Waals surface area contributed by atoms with Crippen LogP contribution < -0.4 is 10.1 Å². The minimum atomic E-state index is -0.0532. The van der Waals surface area contributed by atoms with E-state index in [-0.39, 0.29) is 5.60 Å². The van der Waals surface area contributed by atoms with E-state index in [0.29, 0.717) is 12.0 Å². The molecule has 0 aliphatic carbocycles. The van der Waals surface area contributed by atoms with Crippen molar-refractivity contribution in [2.45, 2.75) is 71.9 Å². The van der Waals surface area contributed by atoms with Crippen LogP contribution in [0.1, 0.15) is 71.0 Å². The van der Waals surface area contributed by atoms with Gasteiger partial charge in [-0.3, -0.25) is 0 Å². The Morgan fingerprint density at radius 2 is 2.00 bits per heavy atom. The molecule has 0 spiro atoms. The molecule has 1 aliphatic rings. The van der Waals surface area contributed by atoms with Gasteiger partial charge in [0, 0.05) is 12.5 Å². The quantitative estimate of drug-likeness (QED) is 0.772. The average molecular weight is 289 g/mol. The standard InChI is InChI=1S/C19H31NO/c1-6-8-14(3)18(20-11-7-2)15-9-10-17-16(12-15)13-19(4,5)21-17/h9-10,12,14,18,20H,6-8,11,13H2,1-5H3. The first-order valence-corrected chi connectivity index (χ1v) is 8.52. The molecule has 0 fully saturated rings. The Balaban J connectivity index is 2.21. The van der Waals surface area contributed by atoms with Crippen molar-refractivity contribution in [2.24, 2.45) is 5.92 Å². The Labute approximate surface area is 130 Å². The summed E-state index contributed by atoms with van der Waals surface area (Å²) in [5.41, 5.74) is 2.73. The number of rotatable bonds is 7. The first kappa shape index (κ1) is 16.4. The number of nitrogens with one attached hydrogen (secondary N) is 1. The minimum absolute atomic E-state index is 0.0532. The van der Waals surface area contributed by atoms with E-state index in [1.165, 1.54) is 30.4 Å². The van der Waals surface area contributed by atoms with Gasteiger partial charge in [-0.1, -0.05) is 39.3 Å². The van der Waals surface area contributed by atoms with E-state index >= 15 is 0 Å². The third-order valence-electron chi connectivity index (χ3n) is 4.37. The number of benzene rings is 1. The van der Waals surface area contributed by atoms with Gasteiger partial charge in [0.05, 0.1) is 0 Å². The molecule has 1 heterocycles. The van der Waals surface area contributed by atoms with Gasteiger partial charge in [0.15, 0.2) is 0 Å². The number of hydrogen-bond acceptors (Lipinski definition) is 2. The Morgan fingerprint density at radius 1 is 1.24 bits per heavy atom. The van der Waals surface area contributed by atoms with Gasteiger partial charge in [0.25, 0.3) is 0 Å². The van der Waals surface area contributed by atoms with E-state index in [1.54, 1.807) is 0 Å². The van der Waals surface area contributed by atoms with Gasteiger partial charge in [0.1, 0.15) is 11.4 Å². The summed E-state index contributed by atoms with van der Waals surface area (Å²) in [4.78, 5) is 0. The normalized spacial score (nSPS) is 18.9. The molecule has 2 nitrogen and oxygen atoms in total. The van der Waals surface area contributed by atoms with Crippen LogP contribution in [-0.2, 0) is 6.42 Å². The molecule has 0 amide bonds. The zero-order valence-corrected chi connectivity index (χ0v) is 14.3. The Kier molecular flexibility index (Phi) is 5.32. The topological polar surface area (TPSA) is 21.3 Å². The molecule has 1 aromatic carbocycles. The van der Waals surface area contributed by atoms with Crippen molar-refractivity contribution in [1.29, 1.82) is 0 Å². The van der Waals surface area contributed by atoms with Crippen LogP contribution in [0.3, 0.4) is 0 Å². The fourth-order valence-electron chi connectivity index (χ4n) is 3.39. The average Bonchev–Trinajstić information content (AvgIpc) is 2.72. The van der Waals surface area contributed by atoms with Gasteiger partial charge in [-0.25, -0.2) is 0 Å². The lowest BCUT2D eigenvalue weighted by Gasteiger charge is -2.26. The second kappa shape index (κ2) is 6.83. The van der Waals surface area contributed by atoms with Crippen molar-refractivity contribution >= 4 is 0 Å². The molecular weight excluding hydrogens is 258 g/mol. The summed E-state index contributed by atoms with van der Waals surface area (Å²) >= 11 is 0. The highest BCUT2D eigenvalue weighted by atomic mass is 16.5. The Hall–Kier alpha value is -1.02. The van der Waals surface area contributed by atoms with Gasteiger partial charge in [-0.05, 0) is 56.3 Å². The molecule has 1 aliphatic heterocycles. The summed E-state index contributed by atoms with van der Waals surface area (Å²) < 4.78 is 6.00. The van der Waals surface area contributed by atoms with Crippen molar-refractivity contribution in [2.75, 3.05) is 6.54 Å². The van der Waals surface area contributed by atoms with Crippen LogP contribution in [0.4, 0.5) is 0 Å². The molecule has 2 heteroatoms. The first-order chi connectivity index (χ1) is 9.96. The zero-order chi connectivity index (χ0) is 15.5. The van der Waals surface area contributed by atoms with Crippen LogP contribution in [0.5, 0.6) is 5.75 Å². The summed E-state index contributed by atoms with van der Waals surface area (Å²) in [5, 5.41) is 3.74.